The lowest BCUT2D eigenvalue weighted by atomic mass is 10.3. The van der Waals surface area contributed by atoms with Gasteiger partial charge in [0.1, 0.15) is 16.6 Å². The van der Waals surface area contributed by atoms with Crippen LogP contribution in [0.25, 0.3) is 5.57 Å². The number of hydrogen-bond acceptors (Lipinski definition) is 4. The molecule has 96 valence electrons. The second kappa shape index (κ2) is 6.20. The van der Waals surface area contributed by atoms with E-state index < -0.39 is 0 Å². The number of anilines is 1. The zero-order valence-corrected chi connectivity index (χ0v) is 13.1. The maximum absolute atomic E-state index is 9.15. The molecule has 0 saturated carbocycles. The zero-order chi connectivity index (χ0) is 13.8. The van der Waals surface area contributed by atoms with Crippen LogP contribution in [0.2, 0.25) is 5.02 Å². The van der Waals surface area contributed by atoms with E-state index in [1.54, 1.807) is 12.3 Å². The van der Waals surface area contributed by atoms with Gasteiger partial charge < -0.3 is 5.32 Å². The van der Waals surface area contributed by atoms with Gasteiger partial charge in [-0.15, -0.1) is 11.3 Å². The number of rotatable bonds is 3. The van der Waals surface area contributed by atoms with Crippen LogP contribution in [0, 0.1) is 18.3 Å². The van der Waals surface area contributed by atoms with E-state index in [-0.39, 0.29) is 0 Å². The summed E-state index contributed by atoms with van der Waals surface area (Å²) in [5.41, 5.74) is 2.13. The van der Waals surface area contributed by atoms with Crippen molar-refractivity contribution in [3.05, 3.63) is 50.0 Å². The Morgan fingerprint density at radius 2 is 2.37 bits per heavy atom. The minimum absolute atomic E-state index is 0.483. The van der Waals surface area contributed by atoms with E-state index in [1.807, 2.05) is 24.4 Å². The molecule has 0 atom stereocenters. The van der Waals surface area contributed by atoms with Crippen LogP contribution in [0.15, 0.2) is 34.3 Å². The van der Waals surface area contributed by atoms with Crippen molar-refractivity contribution >= 4 is 50.1 Å². The molecule has 1 aromatic heterocycles. The SMILES string of the molecule is Cc1csc(/C(C#N)=C/Nc2ccc(Br)cc2Cl)n1. The van der Waals surface area contributed by atoms with Crippen molar-refractivity contribution in [2.75, 3.05) is 5.32 Å². The molecule has 0 amide bonds. The van der Waals surface area contributed by atoms with E-state index in [9.17, 15) is 0 Å². The fraction of sp³-hybridized carbons (Fsp3) is 0.0769. The molecule has 1 aromatic carbocycles. The fourth-order valence-electron chi connectivity index (χ4n) is 1.38. The van der Waals surface area contributed by atoms with Crippen molar-refractivity contribution in [2.24, 2.45) is 0 Å². The smallest absolute Gasteiger partial charge is 0.135 e. The molecule has 0 aliphatic carbocycles. The van der Waals surface area contributed by atoms with E-state index in [1.165, 1.54) is 11.3 Å². The van der Waals surface area contributed by atoms with E-state index in [0.717, 1.165) is 15.9 Å². The predicted octanol–water partition coefficient (Wildman–Crippen LogP) is 4.84. The second-order valence-corrected chi connectivity index (χ2v) is 5.91. The molecule has 1 N–H and O–H groups in total. The number of allylic oxidation sites excluding steroid dienone is 1. The van der Waals surface area contributed by atoms with Crippen molar-refractivity contribution in [1.29, 1.82) is 5.26 Å². The molecule has 3 nitrogen and oxygen atoms in total. The molecule has 2 aromatic rings. The minimum Gasteiger partial charge on any atom is -0.359 e. The van der Waals surface area contributed by atoms with Gasteiger partial charge in [-0.05, 0) is 25.1 Å². The molecule has 0 spiro atoms. The van der Waals surface area contributed by atoms with E-state index in [0.29, 0.717) is 15.6 Å². The van der Waals surface area contributed by atoms with Gasteiger partial charge in [0.2, 0.25) is 0 Å². The number of hydrogen-bond donors (Lipinski definition) is 1. The van der Waals surface area contributed by atoms with Gasteiger partial charge >= 0.3 is 0 Å². The zero-order valence-electron chi connectivity index (χ0n) is 9.95. The summed E-state index contributed by atoms with van der Waals surface area (Å²) in [6.07, 6.45) is 1.62. The summed E-state index contributed by atoms with van der Waals surface area (Å²) in [6.45, 7) is 1.90. The highest BCUT2D eigenvalue weighted by atomic mass is 79.9. The fourth-order valence-corrected chi connectivity index (χ4v) is 2.87. The lowest BCUT2D eigenvalue weighted by molar-refractivity contribution is 1.24. The van der Waals surface area contributed by atoms with E-state index >= 15 is 0 Å². The number of benzene rings is 1. The highest BCUT2D eigenvalue weighted by Gasteiger charge is 2.06. The molecule has 1 heterocycles. The third kappa shape index (κ3) is 3.57. The van der Waals surface area contributed by atoms with Crippen LogP contribution in [-0.2, 0) is 0 Å². The summed E-state index contributed by atoms with van der Waals surface area (Å²) in [5, 5.41) is 15.4. The first kappa shape index (κ1) is 14.1. The van der Waals surface area contributed by atoms with E-state index in [4.69, 9.17) is 16.9 Å². The van der Waals surface area contributed by atoms with Crippen molar-refractivity contribution in [3.8, 4) is 6.07 Å². The van der Waals surface area contributed by atoms with Crippen molar-refractivity contribution < 1.29 is 0 Å². The molecule has 0 fully saturated rings. The second-order valence-electron chi connectivity index (χ2n) is 3.73. The Morgan fingerprint density at radius 1 is 1.58 bits per heavy atom. The Balaban J connectivity index is 2.23. The monoisotopic (exact) mass is 353 g/mol. The van der Waals surface area contributed by atoms with Crippen molar-refractivity contribution in [1.82, 2.24) is 4.98 Å². The van der Waals surface area contributed by atoms with Gasteiger partial charge in [0.25, 0.3) is 0 Å². The van der Waals surface area contributed by atoms with Crippen molar-refractivity contribution in [2.45, 2.75) is 6.92 Å². The Morgan fingerprint density at radius 3 is 2.95 bits per heavy atom. The maximum Gasteiger partial charge on any atom is 0.135 e. The first-order valence-corrected chi connectivity index (χ1v) is 7.39. The Labute approximate surface area is 128 Å². The van der Waals surface area contributed by atoms with Gasteiger partial charge in [-0.1, -0.05) is 27.5 Å². The normalized spacial score (nSPS) is 11.2. The Bertz CT molecular complexity index is 673. The molecule has 0 unspecified atom stereocenters. The van der Waals surface area contributed by atoms with Gasteiger partial charge in [-0.25, -0.2) is 4.98 Å². The predicted molar refractivity (Wildman–Crippen MR) is 83.2 cm³/mol. The van der Waals surface area contributed by atoms with Crippen LogP contribution in [0.4, 0.5) is 5.69 Å². The number of nitriles is 1. The molecule has 2 rings (SSSR count). The molecule has 0 saturated heterocycles. The number of aryl methyl sites for hydroxylation is 1. The Kier molecular flexibility index (Phi) is 4.59. The molecule has 0 bridgehead atoms. The van der Waals surface area contributed by atoms with Gasteiger partial charge in [-0.2, -0.15) is 5.26 Å². The van der Waals surface area contributed by atoms with Gasteiger partial charge in [0.05, 0.1) is 10.7 Å². The first-order valence-electron chi connectivity index (χ1n) is 5.34. The van der Waals surface area contributed by atoms with Gasteiger partial charge in [-0.3, -0.25) is 0 Å². The molecule has 0 radical (unpaired) electrons. The van der Waals surface area contributed by atoms with Crippen LogP contribution in [0.1, 0.15) is 10.7 Å². The summed E-state index contributed by atoms with van der Waals surface area (Å²) in [4.78, 5) is 4.28. The lowest BCUT2D eigenvalue weighted by Gasteiger charge is -2.04. The van der Waals surface area contributed by atoms with Crippen LogP contribution >= 0.6 is 38.9 Å². The van der Waals surface area contributed by atoms with Crippen molar-refractivity contribution in [3.63, 3.8) is 0 Å². The number of nitrogens with zero attached hydrogens (tertiary/aromatic N) is 2. The van der Waals surface area contributed by atoms with Crippen LogP contribution in [0.3, 0.4) is 0 Å². The number of halogens is 2. The first-order chi connectivity index (χ1) is 9.10. The summed E-state index contributed by atoms with van der Waals surface area (Å²) in [7, 11) is 0. The Hall–Kier alpha value is -1.35. The summed E-state index contributed by atoms with van der Waals surface area (Å²) in [5.74, 6) is 0. The largest absolute Gasteiger partial charge is 0.359 e. The minimum atomic E-state index is 0.483. The molecular formula is C13H9BrClN3S. The molecule has 19 heavy (non-hydrogen) atoms. The number of nitrogens with one attached hydrogen (secondary N) is 1. The highest BCUT2D eigenvalue weighted by molar-refractivity contribution is 9.10. The topological polar surface area (TPSA) is 48.7 Å². The maximum atomic E-state index is 9.15. The summed E-state index contributed by atoms with van der Waals surface area (Å²) >= 11 is 10.9. The lowest BCUT2D eigenvalue weighted by Crippen LogP contribution is -1.92. The number of aromatic nitrogens is 1. The molecule has 0 aliphatic rings. The summed E-state index contributed by atoms with van der Waals surface area (Å²) in [6, 6.07) is 7.63. The number of thiazole rings is 1. The van der Waals surface area contributed by atoms with Crippen LogP contribution in [0.5, 0.6) is 0 Å². The highest BCUT2D eigenvalue weighted by Crippen LogP contribution is 2.26. The molecular weight excluding hydrogens is 346 g/mol. The average Bonchev–Trinajstić information content (AvgIpc) is 2.79. The van der Waals surface area contributed by atoms with Crippen LogP contribution in [-0.4, -0.2) is 4.98 Å². The van der Waals surface area contributed by atoms with Crippen LogP contribution < -0.4 is 5.32 Å². The molecule has 0 aliphatic heterocycles. The average molecular weight is 355 g/mol. The van der Waals surface area contributed by atoms with E-state index in [2.05, 4.69) is 32.3 Å². The molecule has 6 heteroatoms. The quantitative estimate of drug-likeness (QED) is 0.802. The third-order valence-corrected chi connectivity index (χ3v) is 4.07. The van der Waals surface area contributed by atoms with Gasteiger partial charge in [0, 0.05) is 21.7 Å². The summed E-state index contributed by atoms with van der Waals surface area (Å²) < 4.78 is 0.906. The standard InChI is InChI=1S/C13H9BrClN3S/c1-8-7-19-13(18-8)9(5-16)6-17-12-3-2-10(14)4-11(12)15/h2-4,6-7,17H,1H3/b9-6+. The third-order valence-electron chi connectivity index (χ3n) is 2.27. The van der Waals surface area contributed by atoms with Gasteiger partial charge in [0.15, 0.2) is 0 Å².